The Kier molecular flexibility index (Phi) is 3.93. The van der Waals surface area contributed by atoms with Gasteiger partial charge in [0.25, 0.3) is 22.9 Å². The molecule has 3 nitrogen and oxygen atoms in total. The maximum absolute atomic E-state index is 12.5. The maximum atomic E-state index is 12.5. The first-order valence-electron chi connectivity index (χ1n) is 4.25. The van der Waals surface area contributed by atoms with Gasteiger partial charge < -0.3 is 0 Å². The van der Waals surface area contributed by atoms with E-state index in [0.29, 0.717) is 5.56 Å². The Balaban J connectivity index is 2.95. The Bertz CT molecular complexity index is 459. The van der Waals surface area contributed by atoms with Crippen LogP contribution in [0.5, 0.6) is 0 Å². The van der Waals surface area contributed by atoms with E-state index in [-0.39, 0.29) is 4.90 Å². The van der Waals surface area contributed by atoms with Gasteiger partial charge in [0.15, 0.2) is 0 Å². The van der Waals surface area contributed by atoms with Gasteiger partial charge >= 0.3 is 0 Å². The van der Waals surface area contributed by atoms with Crippen molar-refractivity contribution in [2.24, 2.45) is 0 Å². The Morgan fingerprint density at radius 1 is 1.25 bits per heavy atom. The highest BCUT2D eigenvalue weighted by Gasteiger charge is 2.28. The molecule has 0 saturated heterocycles. The van der Waals surface area contributed by atoms with E-state index in [1.807, 2.05) is 0 Å². The Labute approximate surface area is 91.0 Å². The minimum atomic E-state index is -4.48. The smallest absolute Gasteiger partial charge is 0.223 e. The summed E-state index contributed by atoms with van der Waals surface area (Å²) in [7, 11) is -4.48. The van der Waals surface area contributed by atoms with Crippen LogP contribution >= 0.6 is 0 Å². The molecule has 1 rings (SSSR count). The molecule has 0 aliphatic heterocycles. The molecule has 1 unspecified atom stereocenters. The first kappa shape index (κ1) is 13.0. The normalized spacial score (nSPS) is 14.1. The largest absolute Gasteiger partial charge is 0.299 e. The highest BCUT2D eigenvalue weighted by atomic mass is 32.2. The summed E-state index contributed by atoms with van der Waals surface area (Å²) in [4.78, 5) is -0.351. The second-order valence-corrected chi connectivity index (χ2v) is 4.62. The zero-order chi connectivity index (χ0) is 12.3. The third-order valence-electron chi connectivity index (χ3n) is 1.69. The molecule has 0 radical (unpaired) electrons. The average Bonchev–Trinajstić information content (AvgIpc) is 2.17. The predicted molar refractivity (Wildman–Crippen MR) is 50.3 cm³/mol. The van der Waals surface area contributed by atoms with Crippen LogP contribution in [0.25, 0.3) is 0 Å². The summed E-state index contributed by atoms with van der Waals surface area (Å²) in [5.74, 6) is 0. The van der Waals surface area contributed by atoms with Crippen molar-refractivity contribution in [3.63, 3.8) is 0 Å². The van der Waals surface area contributed by atoms with Crippen molar-refractivity contribution in [2.45, 2.75) is 24.6 Å². The molecule has 0 aliphatic carbocycles. The second-order valence-electron chi connectivity index (χ2n) is 3.05. The van der Waals surface area contributed by atoms with E-state index in [9.17, 15) is 21.6 Å². The van der Waals surface area contributed by atoms with Crippen LogP contribution in [0.15, 0.2) is 29.2 Å². The summed E-state index contributed by atoms with van der Waals surface area (Å²) < 4.78 is 62.3. The lowest BCUT2D eigenvalue weighted by atomic mass is 10.2. The van der Waals surface area contributed by atoms with Crippen molar-refractivity contribution in [1.82, 2.24) is 0 Å². The minimum absolute atomic E-state index is 0.351. The molecule has 0 fully saturated rings. The van der Waals surface area contributed by atoms with Crippen molar-refractivity contribution in [3.8, 4) is 0 Å². The van der Waals surface area contributed by atoms with Gasteiger partial charge in [-0.2, -0.15) is 8.42 Å². The van der Waals surface area contributed by atoms with Gasteiger partial charge in [-0.25, -0.2) is 17.4 Å². The monoisotopic (exact) mass is 254 g/mol. The molecule has 0 spiro atoms. The van der Waals surface area contributed by atoms with Crippen LogP contribution in [-0.4, -0.2) is 21.2 Å². The lowest BCUT2D eigenvalue weighted by molar-refractivity contribution is -0.0633. The van der Waals surface area contributed by atoms with Crippen molar-refractivity contribution in [3.05, 3.63) is 29.8 Å². The molecule has 0 aliphatic rings. The Hall–Kier alpha value is -1.08. The zero-order valence-corrected chi connectivity index (χ0v) is 9.05. The van der Waals surface area contributed by atoms with Crippen molar-refractivity contribution < 1.29 is 25.8 Å². The maximum Gasteiger partial charge on any atom is 0.299 e. The molecule has 0 saturated carbocycles. The molecule has 1 aromatic carbocycles. The van der Waals surface area contributed by atoms with Gasteiger partial charge in [0.2, 0.25) is 0 Å². The van der Waals surface area contributed by atoms with Crippen LogP contribution in [0.1, 0.15) is 5.56 Å². The summed E-state index contributed by atoms with van der Waals surface area (Å²) >= 11 is 0. The van der Waals surface area contributed by atoms with Crippen molar-refractivity contribution in [1.29, 1.82) is 0 Å². The van der Waals surface area contributed by atoms with Gasteiger partial charge in [0, 0.05) is 0 Å². The van der Waals surface area contributed by atoms with Crippen LogP contribution in [0.2, 0.25) is 0 Å². The summed E-state index contributed by atoms with van der Waals surface area (Å²) in [6, 6.07) is 5.36. The standard InChI is InChI=1S/C9H9F3O3S/c1-6-3-2-4-7(5-6)16(13,14)15-9(12)8(10)11/h2-5,8-9H,1H3. The number of halogens is 3. The fraction of sp³-hybridized carbons (Fsp3) is 0.333. The summed E-state index contributed by atoms with van der Waals surface area (Å²) in [6.07, 6.45) is -6.65. The van der Waals surface area contributed by atoms with Crippen LogP contribution in [-0.2, 0) is 14.3 Å². The molecule has 1 atom stereocenters. The van der Waals surface area contributed by atoms with Gasteiger partial charge in [-0.15, -0.1) is 0 Å². The van der Waals surface area contributed by atoms with E-state index in [1.54, 1.807) is 13.0 Å². The lowest BCUT2D eigenvalue weighted by Gasteiger charge is -2.09. The molecule has 0 amide bonds. The highest BCUT2D eigenvalue weighted by molar-refractivity contribution is 7.86. The van der Waals surface area contributed by atoms with Crippen molar-refractivity contribution >= 4 is 10.1 Å². The van der Waals surface area contributed by atoms with E-state index in [0.717, 1.165) is 6.07 Å². The quantitative estimate of drug-likeness (QED) is 0.774. The van der Waals surface area contributed by atoms with Crippen molar-refractivity contribution in [2.75, 3.05) is 0 Å². The Morgan fingerprint density at radius 2 is 1.88 bits per heavy atom. The third-order valence-corrected chi connectivity index (χ3v) is 2.96. The first-order chi connectivity index (χ1) is 7.33. The number of benzene rings is 1. The fourth-order valence-electron chi connectivity index (χ4n) is 0.989. The van der Waals surface area contributed by atoms with Crippen LogP contribution in [0.3, 0.4) is 0 Å². The van der Waals surface area contributed by atoms with Gasteiger partial charge in [-0.3, -0.25) is 0 Å². The molecular formula is C9H9F3O3S. The number of rotatable bonds is 4. The van der Waals surface area contributed by atoms with E-state index >= 15 is 0 Å². The van der Waals surface area contributed by atoms with Gasteiger partial charge in [0.05, 0.1) is 4.90 Å². The molecule has 0 aromatic heterocycles. The molecule has 1 aromatic rings. The molecule has 16 heavy (non-hydrogen) atoms. The average molecular weight is 254 g/mol. The van der Waals surface area contributed by atoms with E-state index in [2.05, 4.69) is 4.18 Å². The van der Waals surface area contributed by atoms with E-state index < -0.39 is 22.9 Å². The van der Waals surface area contributed by atoms with E-state index in [1.165, 1.54) is 12.1 Å². The fourth-order valence-corrected chi connectivity index (χ4v) is 2.00. The summed E-state index contributed by atoms with van der Waals surface area (Å²) in [6.45, 7) is 1.61. The molecular weight excluding hydrogens is 245 g/mol. The van der Waals surface area contributed by atoms with Gasteiger partial charge in [-0.05, 0) is 24.6 Å². The zero-order valence-electron chi connectivity index (χ0n) is 8.23. The number of hydrogen-bond acceptors (Lipinski definition) is 3. The third kappa shape index (κ3) is 3.21. The van der Waals surface area contributed by atoms with Crippen LogP contribution < -0.4 is 0 Å². The molecule has 0 N–H and O–H groups in total. The number of aryl methyl sites for hydroxylation is 1. The number of hydrogen-bond donors (Lipinski definition) is 0. The highest BCUT2D eigenvalue weighted by Crippen LogP contribution is 2.18. The Morgan fingerprint density at radius 3 is 2.38 bits per heavy atom. The van der Waals surface area contributed by atoms with Crippen LogP contribution in [0.4, 0.5) is 13.2 Å². The molecule has 90 valence electrons. The van der Waals surface area contributed by atoms with Gasteiger partial charge in [-0.1, -0.05) is 12.1 Å². The number of alkyl halides is 3. The minimum Gasteiger partial charge on any atom is -0.223 e. The summed E-state index contributed by atoms with van der Waals surface area (Å²) in [5.41, 5.74) is 0.595. The predicted octanol–water partition coefficient (Wildman–Crippen LogP) is 2.26. The van der Waals surface area contributed by atoms with E-state index in [4.69, 9.17) is 0 Å². The molecule has 0 bridgehead atoms. The lowest BCUT2D eigenvalue weighted by Crippen LogP contribution is -2.21. The molecule has 0 heterocycles. The molecule has 7 heteroatoms. The second kappa shape index (κ2) is 4.84. The summed E-state index contributed by atoms with van der Waals surface area (Å²) in [5, 5.41) is 0. The first-order valence-corrected chi connectivity index (χ1v) is 5.66. The van der Waals surface area contributed by atoms with Crippen LogP contribution in [0, 0.1) is 6.92 Å². The van der Waals surface area contributed by atoms with Gasteiger partial charge in [0.1, 0.15) is 0 Å². The SMILES string of the molecule is Cc1cccc(S(=O)(=O)OC(F)C(F)F)c1. The topological polar surface area (TPSA) is 43.4 Å².